The lowest BCUT2D eigenvalue weighted by atomic mass is 10.2. The van der Waals surface area contributed by atoms with Crippen LogP contribution in [-0.4, -0.2) is 18.3 Å². The van der Waals surface area contributed by atoms with Gasteiger partial charge in [0.1, 0.15) is 0 Å². The van der Waals surface area contributed by atoms with Gasteiger partial charge in [-0.05, 0) is 17.7 Å². The third-order valence-corrected chi connectivity index (χ3v) is 3.31. The number of hydrazine groups is 1. The number of fused-ring (bicyclic) bond motifs is 1. The second-order valence-electron chi connectivity index (χ2n) is 3.48. The summed E-state index contributed by atoms with van der Waals surface area (Å²) >= 11 is 1.57. The number of carbonyl (C=O) groups is 1. The van der Waals surface area contributed by atoms with Gasteiger partial charge in [0.25, 0.3) is 0 Å². The second-order valence-corrected chi connectivity index (χ2v) is 4.49. The van der Waals surface area contributed by atoms with Gasteiger partial charge in [-0.2, -0.15) is 0 Å². The quantitative estimate of drug-likeness (QED) is 0.261. The first-order valence-electron chi connectivity index (χ1n) is 4.99. The third-order valence-electron chi connectivity index (χ3n) is 2.23. The standard InChI is InChI=1S/C10H14N4OS/c11-13-6-12-4-7-1-2-9-8(3-7)14-10(15)5-16-9/h1-3,12-13H,4-6,11H2,(H,14,15). The summed E-state index contributed by atoms with van der Waals surface area (Å²) in [5.41, 5.74) is 4.55. The van der Waals surface area contributed by atoms with E-state index in [0.717, 1.165) is 22.7 Å². The highest BCUT2D eigenvalue weighted by molar-refractivity contribution is 8.00. The maximum Gasteiger partial charge on any atom is 0.234 e. The number of carbonyl (C=O) groups excluding carboxylic acids is 1. The number of hydrogen-bond donors (Lipinski definition) is 4. The monoisotopic (exact) mass is 238 g/mol. The summed E-state index contributed by atoms with van der Waals surface area (Å²) in [6, 6.07) is 6.07. The number of amides is 1. The van der Waals surface area contributed by atoms with Gasteiger partial charge in [-0.25, -0.2) is 5.43 Å². The van der Waals surface area contributed by atoms with E-state index in [2.05, 4.69) is 16.1 Å². The van der Waals surface area contributed by atoms with Gasteiger partial charge in [0.15, 0.2) is 0 Å². The summed E-state index contributed by atoms with van der Waals surface area (Å²) < 4.78 is 0. The molecule has 86 valence electrons. The van der Waals surface area contributed by atoms with E-state index in [-0.39, 0.29) is 5.91 Å². The summed E-state index contributed by atoms with van der Waals surface area (Å²) in [5, 5.41) is 5.98. The Morgan fingerprint density at radius 3 is 3.19 bits per heavy atom. The zero-order valence-electron chi connectivity index (χ0n) is 8.75. The van der Waals surface area contributed by atoms with Crippen LogP contribution in [0.25, 0.3) is 0 Å². The molecule has 1 amide bonds. The first kappa shape index (κ1) is 11.4. The first-order valence-corrected chi connectivity index (χ1v) is 5.98. The van der Waals surface area contributed by atoms with E-state index in [1.54, 1.807) is 11.8 Å². The topological polar surface area (TPSA) is 79.2 Å². The molecule has 0 radical (unpaired) electrons. The molecule has 1 heterocycles. The summed E-state index contributed by atoms with van der Waals surface area (Å²) in [6.45, 7) is 1.27. The molecule has 6 heteroatoms. The summed E-state index contributed by atoms with van der Waals surface area (Å²) in [4.78, 5) is 12.3. The Morgan fingerprint density at radius 2 is 2.38 bits per heavy atom. The molecule has 0 aromatic heterocycles. The number of hydrogen-bond acceptors (Lipinski definition) is 5. The van der Waals surface area contributed by atoms with Crippen LogP contribution in [0.5, 0.6) is 0 Å². The van der Waals surface area contributed by atoms with Crippen molar-refractivity contribution in [3.63, 3.8) is 0 Å². The Labute approximate surface area is 98.1 Å². The predicted molar refractivity (Wildman–Crippen MR) is 64.8 cm³/mol. The minimum Gasteiger partial charge on any atom is -0.324 e. The zero-order chi connectivity index (χ0) is 11.4. The van der Waals surface area contributed by atoms with Gasteiger partial charge >= 0.3 is 0 Å². The molecule has 1 aliphatic heterocycles. The highest BCUT2D eigenvalue weighted by Crippen LogP contribution is 2.31. The van der Waals surface area contributed by atoms with Gasteiger partial charge < -0.3 is 5.32 Å². The molecule has 16 heavy (non-hydrogen) atoms. The fraction of sp³-hybridized carbons (Fsp3) is 0.300. The third kappa shape index (κ3) is 2.73. The van der Waals surface area contributed by atoms with Gasteiger partial charge in [0.05, 0.1) is 18.1 Å². The molecule has 1 aromatic rings. The van der Waals surface area contributed by atoms with Crippen molar-refractivity contribution in [2.75, 3.05) is 17.7 Å². The SMILES string of the molecule is NNCNCc1ccc2c(c1)NC(=O)CS2. The number of rotatable bonds is 4. The first-order chi connectivity index (χ1) is 7.79. The number of nitrogens with one attached hydrogen (secondary N) is 3. The zero-order valence-corrected chi connectivity index (χ0v) is 9.56. The van der Waals surface area contributed by atoms with E-state index >= 15 is 0 Å². The Kier molecular flexibility index (Phi) is 3.79. The number of anilines is 1. The summed E-state index contributed by atoms with van der Waals surface area (Å²) in [7, 11) is 0. The number of nitrogens with two attached hydrogens (primary N) is 1. The van der Waals surface area contributed by atoms with Crippen molar-refractivity contribution < 1.29 is 4.79 Å². The van der Waals surface area contributed by atoms with E-state index in [1.165, 1.54) is 0 Å². The lowest BCUT2D eigenvalue weighted by Gasteiger charge is -2.17. The van der Waals surface area contributed by atoms with Gasteiger partial charge in [-0.15, -0.1) is 11.8 Å². The molecule has 0 fully saturated rings. The Morgan fingerprint density at radius 1 is 1.50 bits per heavy atom. The molecule has 1 aromatic carbocycles. The molecule has 0 atom stereocenters. The van der Waals surface area contributed by atoms with Crippen LogP contribution in [0, 0.1) is 0 Å². The van der Waals surface area contributed by atoms with Crippen molar-refractivity contribution >= 4 is 23.4 Å². The van der Waals surface area contributed by atoms with E-state index in [1.807, 2.05) is 18.2 Å². The van der Waals surface area contributed by atoms with E-state index in [9.17, 15) is 4.79 Å². The van der Waals surface area contributed by atoms with Gasteiger partial charge in [0.2, 0.25) is 5.91 Å². The largest absolute Gasteiger partial charge is 0.324 e. The molecule has 1 aliphatic rings. The van der Waals surface area contributed by atoms with Crippen LogP contribution < -0.4 is 21.9 Å². The van der Waals surface area contributed by atoms with Crippen LogP contribution in [0.3, 0.4) is 0 Å². The van der Waals surface area contributed by atoms with Gasteiger partial charge in [-0.1, -0.05) is 6.07 Å². The molecule has 0 unspecified atom stereocenters. The highest BCUT2D eigenvalue weighted by atomic mass is 32.2. The van der Waals surface area contributed by atoms with Gasteiger partial charge in [0, 0.05) is 11.4 Å². The fourth-order valence-electron chi connectivity index (χ4n) is 1.52. The molecule has 2 rings (SSSR count). The maximum atomic E-state index is 11.2. The van der Waals surface area contributed by atoms with Crippen LogP contribution in [0.4, 0.5) is 5.69 Å². The number of benzene rings is 1. The molecule has 0 saturated carbocycles. The molecule has 0 aliphatic carbocycles. The lowest BCUT2D eigenvalue weighted by Crippen LogP contribution is -2.33. The minimum atomic E-state index is 0.0613. The molecular weight excluding hydrogens is 224 g/mol. The van der Waals surface area contributed by atoms with Crippen molar-refractivity contribution in [2.24, 2.45) is 5.84 Å². The molecule has 5 N–H and O–H groups in total. The summed E-state index contributed by atoms with van der Waals surface area (Å²) in [6.07, 6.45) is 0. The van der Waals surface area contributed by atoms with Crippen molar-refractivity contribution in [2.45, 2.75) is 11.4 Å². The average molecular weight is 238 g/mol. The number of thioether (sulfide) groups is 1. The van der Waals surface area contributed by atoms with E-state index < -0.39 is 0 Å². The van der Waals surface area contributed by atoms with Crippen molar-refractivity contribution in [1.29, 1.82) is 0 Å². The molecule has 5 nitrogen and oxygen atoms in total. The summed E-state index contributed by atoms with van der Waals surface area (Å²) in [5.74, 6) is 5.71. The van der Waals surface area contributed by atoms with Crippen LogP contribution in [-0.2, 0) is 11.3 Å². The van der Waals surface area contributed by atoms with Crippen LogP contribution in [0.15, 0.2) is 23.1 Å². The molecule has 0 spiro atoms. The van der Waals surface area contributed by atoms with Crippen molar-refractivity contribution in [3.05, 3.63) is 23.8 Å². The molecular formula is C10H14N4OS. The fourth-order valence-corrected chi connectivity index (χ4v) is 2.31. The smallest absolute Gasteiger partial charge is 0.234 e. The van der Waals surface area contributed by atoms with Gasteiger partial charge in [-0.3, -0.25) is 16.0 Å². The van der Waals surface area contributed by atoms with E-state index in [0.29, 0.717) is 12.4 Å². The molecule has 0 bridgehead atoms. The van der Waals surface area contributed by atoms with Crippen LogP contribution >= 0.6 is 11.8 Å². The molecule has 0 saturated heterocycles. The second kappa shape index (κ2) is 5.31. The van der Waals surface area contributed by atoms with Crippen molar-refractivity contribution in [1.82, 2.24) is 10.7 Å². The van der Waals surface area contributed by atoms with E-state index in [4.69, 9.17) is 5.84 Å². The Balaban J connectivity index is 2.06. The normalized spacial score (nSPS) is 14.4. The highest BCUT2D eigenvalue weighted by Gasteiger charge is 2.14. The predicted octanol–water partition coefficient (Wildman–Crippen LogP) is 0.241. The lowest BCUT2D eigenvalue weighted by molar-refractivity contribution is -0.113. The average Bonchev–Trinajstić information content (AvgIpc) is 2.29. The van der Waals surface area contributed by atoms with Crippen LogP contribution in [0.1, 0.15) is 5.56 Å². The Hall–Kier alpha value is -1.08. The van der Waals surface area contributed by atoms with Crippen molar-refractivity contribution in [3.8, 4) is 0 Å². The Bertz CT molecular complexity index is 396. The minimum absolute atomic E-state index is 0.0613. The van der Waals surface area contributed by atoms with Crippen LogP contribution in [0.2, 0.25) is 0 Å². The maximum absolute atomic E-state index is 11.2.